The Morgan fingerprint density at radius 3 is 2.80 bits per heavy atom. The van der Waals surface area contributed by atoms with Gasteiger partial charge >= 0.3 is 0 Å². The van der Waals surface area contributed by atoms with Gasteiger partial charge in [-0.25, -0.2) is 4.68 Å². The van der Waals surface area contributed by atoms with Crippen LogP contribution in [0.5, 0.6) is 5.75 Å². The molecule has 0 aliphatic carbocycles. The normalized spacial score (nSPS) is 12.2. The minimum atomic E-state index is -0.0971. The smallest absolute Gasteiger partial charge is 0.267 e. The van der Waals surface area contributed by atoms with Crippen LogP contribution in [0.1, 0.15) is 17.2 Å². The highest BCUT2D eigenvalue weighted by Crippen LogP contribution is 2.25. The predicted molar refractivity (Wildman–Crippen MR) is 78.0 cm³/mol. The minimum absolute atomic E-state index is 0.0425. The third-order valence-electron chi connectivity index (χ3n) is 3.22. The number of hydrogen-bond acceptors (Lipinski definition) is 4. The largest absolute Gasteiger partial charge is 0.496 e. The van der Waals surface area contributed by atoms with Gasteiger partial charge < -0.3 is 10.1 Å². The number of rotatable bonds is 5. The molecule has 0 fully saturated rings. The highest BCUT2D eigenvalue weighted by atomic mass is 16.5. The van der Waals surface area contributed by atoms with Gasteiger partial charge in [0.15, 0.2) is 0 Å². The molecule has 2 rings (SSSR count). The highest BCUT2D eigenvalue weighted by Gasteiger charge is 2.15. The third-order valence-corrected chi connectivity index (χ3v) is 3.22. The number of hydrogen-bond donors (Lipinski definition) is 1. The van der Waals surface area contributed by atoms with Crippen LogP contribution in [0.15, 0.2) is 41.3 Å². The molecular weight excluding hydrogens is 254 g/mol. The van der Waals surface area contributed by atoms with Gasteiger partial charge in [-0.1, -0.05) is 18.2 Å². The van der Waals surface area contributed by atoms with Crippen LogP contribution < -0.4 is 15.6 Å². The molecule has 5 nitrogen and oxygen atoms in total. The summed E-state index contributed by atoms with van der Waals surface area (Å²) in [5.41, 5.74) is 1.77. The van der Waals surface area contributed by atoms with E-state index in [0.717, 1.165) is 16.9 Å². The van der Waals surface area contributed by atoms with Crippen LogP contribution in [-0.2, 0) is 6.54 Å². The number of aromatic nitrogens is 2. The van der Waals surface area contributed by atoms with E-state index in [1.807, 2.05) is 38.2 Å². The zero-order chi connectivity index (χ0) is 14.5. The molecule has 0 aliphatic heterocycles. The maximum absolute atomic E-state index is 11.9. The Morgan fingerprint density at radius 1 is 1.40 bits per heavy atom. The monoisotopic (exact) mass is 273 g/mol. The highest BCUT2D eigenvalue weighted by molar-refractivity contribution is 5.35. The number of benzene rings is 1. The summed E-state index contributed by atoms with van der Waals surface area (Å²) in [6.07, 6.45) is 1.69. The molecule has 0 saturated carbocycles. The molecule has 5 heteroatoms. The molecule has 0 amide bonds. The number of methoxy groups -OCH3 is 1. The van der Waals surface area contributed by atoms with E-state index in [0.29, 0.717) is 6.54 Å². The van der Waals surface area contributed by atoms with Crippen LogP contribution in [0.25, 0.3) is 0 Å². The first-order valence-corrected chi connectivity index (χ1v) is 6.49. The molecule has 1 atom stereocenters. The van der Waals surface area contributed by atoms with Gasteiger partial charge in [0.05, 0.1) is 25.9 Å². The zero-order valence-corrected chi connectivity index (χ0v) is 12.0. The lowest BCUT2D eigenvalue weighted by atomic mass is 10.1. The van der Waals surface area contributed by atoms with Crippen molar-refractivity contribution < 1.29 is 4.74 Å². The fourth-order valence-corrected chi connectivity index (χ4v) is 2.13. The van der Waals surface area contributed by atoms with Crippen molar-refractivity contribution in [3.05, 3.63) is 58.0 Å². The van der Waals surface area contributed by atoms with Crippen molar-refractivity contribution in [1.29, 1.82) is 0 Å². The van der Waals surface area contributed by atoms with E-state index in [2.05, 4.69) is 10.4 Å². The van der Waals surface area contributed by atoms with Gasteiger partial charge in [-0.15, -0.1) is 0 Å². The van der Waals surface area contributed by atoms with E-state index in [4.69, 9.17) is 4.74 Å². The lowest BCUT2D eigenvalue weighted by Gasteiger charge is -2.19. The molecule has 1 aromatic heterocycles. The lowest BCUT2D eigenvalue weighted by Crippen LogP contribution is -2.30. The maximum atomic E-state index is 11.9. The Labute approximate surface area is 118 Å². The first-order chi connectivity index (χ1) is 9.65. The van der Waals surface area contributed by atoms with Crippen LogP contribution in [0.2, 0.25) is 0 Å². The first kappa shape index (κ1) is 14.3. The van der Waals surface area contributed by atoms with Crippen molar-refractivity contribution in [2.24, 2.45) is 0 Å². The molecule has 2 aromatic rings. The van der Waals surface area contributed by atoms with Crippen LogP contribution >= 0.6 is 0 Å². The number of nitrogens with one attached hydrogen (secondary N) is 1. The summed E-state index contributed by atoms with van der Waals surface area (Å²) in [5.74, 6) is 0.798. The fourth-order valence-electron chi connectivity index (χ4n) is 2.13. The van der Waals surface area contributed by atoms with Crippen molar-refractivity contribution in [1.82, 2.24) is 15.1 Å². The molecule has 20 heavy (non-hydrogen) atoms. The quantitative estimate of drug-likeness (QED) is 0.897. The standard InChI is InChI=1S/C15H19N3O2/c1-11-8-15(19)18(17-9-11)10-13(16-2)12-6-4-5-7-14(12)20-3/h4-9,13,16H,10H2,1-3H3. The van der Waals surface area contributed by atoms with Gasteiger partial charge in [0.2, 0.25) is 0 Å². The number of nitrogens with zero attached hydrogens (tertiary/aromatic N) is 2. The van der Waals surface area contributed by atoms with Crippen molar-refractivity contribution in [2.45, 2.75) is 19.5 Å². The summed E-state index contributed by atoms with van der Waals surface area (Å²) < 4.78 is 6.83. The fraction of sp³-hybridized carbons (Fsp3) is 0.333. The molecule has 0 bridgehead atoms. The lowest BCUT2D eigenvalue weighted by molar-refractivity contribution is 0.388. The van der Waals surface area contributed by atoms with Crippen LogP contribution in [-0.4, -0.2) is 23.9 Å². The van der Waals surface area contributed by atoms with Crippen LogP contribution in [0.3, 0.4) is 0 Å². The van der Waals surface area contributed by atoms with Gasteiger partial charge in [0, 0.05) is 11.6 Å². The summed E-state index contributed by atoms with van der Waals surface area (Å²) in [6.45, 7) is 2.31. The number of ether oxygens (including phenoxy) is 1. The second-order valence-corrected chi connectivity index (χ2v) is 4.64. The van der Waals surface area contributed by atoms with Crippen molar-refractivity contribution >= 4 is 0 Å². The summed E-state index contributed by atoms with van der Waals surface area (Å²) in [4.78, 5) is 11.9. The van der Waals surface area contributed by atoms with Crippen molar-refractivity contribution in [2.75, 3.05) is 14.2 Å². The van der Waals surface area contributed by atoms with E-state index in [9.17, 15) is 4.79 Å². The third kappa shape index (κ3) is 3.05. The van der Waals surface area contributed by atoms with E-state index in [1.54, 1.807) is 19.4 Å². The first-order valence-electron chi connectivity index (χ1n) is 6.49. The Kier molecular flexibility index (Phi) is 4.53. The molecule has 0 saturated heterocycles. The second-order valence-electron chi connectivity index (χ2n) is 4.64. The van der Waals surface area contributed by atoms with Crippen molar-refractivity contribution in [3.63, 3.8) is 0 Å². The Bertz CT molecular complexity index is 637. The molecule has 1 aromatic carbocycles. The predicted octanol–water partition coefficient (Wildman–Crippen LogP) is 1.52. The summed E-state index contributed by atoms with van der Waals surface area (Å²) >= 11 is 0. The van der Waals surface area contributed by atoms with Gasteiger partial charge in [-0.05, 0) is 25.6 Å². The molecule has 1 N–H and O–H groups in total. The van der Waals surface area contributed by atoms with E-state index < -0.39 is 0 Å². The average molecular weight is 273 g/mol. The molecular formula is C15H19N3O2. The topological polar surface area (TPSA) is 56.2 Å². The summed E-state index contributed by atoms with van der Waals surface area (Å²) in [7, 11) is 3.50. The Morgan fingerprint density at radius 2 is 2.15 bits per heavy atom. The maximum Gasteiger partial charge on any atom is 0.267 e. The number of aryl methyl sites for hydroxylation is 1. The van der Waals surface area contributed by atoms with Gasteiger partial charge in [0.25, 0.3) is 5.56 Å². The van der Waals surface area contributed by atoms with E-state index in [-0.39, 0.29) is 11.6 Å². The van der Waals surface area contributed by atoms with Gasteiger partial charge in [-0.2, -0.15) is 5.10 Å². The summed E-state index contributed by atoms with van der Waals surface area (Å²) in [5, 5.41) is 7.37. The molecule has 1 unspecified atom stereocenters. The average Bonchev–Trinajstić information content (AvgIpc) is 2.46. The molecule has 106 valence electrons. The second kappa shape index (κ2) is 6.34. The molecule has 0 aliphatic rings. The molecule has 1 heterocycles. The van der Waals surface area contributed by atoms with Gasteiger partial charge in [0.1, 0.15) is 5.75 Å². The Hall–Kier alpha value is -2.14. The van der Waals surface area contributed by atoms with E-state index >= 15 is 0 Å². The SMILES string of the molecule is CNC(Cn1ncc(C)cc1=O)c1ccccc1OC. The molecule has 0 spiro atoms. The number of para-hydroxylation sites is 1. The summed E-state index contributed by atoms with van der Waals surface area (Å²) in [6, 6.07) is 9.31. The van der Waals surface area contributed by atoms with Gasteiger partial charge in [-0.3, -0.25) is 4.79 Å². The minimum Gasteiger partial charge on any atom is -0.496 e. The van der Waals surface area contributed by atoms with E-state index in [1.165, 1.54) is 4.68 Å². The molecule has 0 radical (unpaired) electrons. The van der Waals surface area contributed by atoms with Crippen molar-refractivity contribution in [3.8, 4) is 5.75 Å². The zero-order valence-electron chi connectivity index (χ0n) is 12.0. The Balaban J connectivity index is 2.31. The number of likely N-dealkylation sites (N-methyl/N-ethyl adjacent to an activating group) is 1. The van der Waals surface area contributed by atoms with Crippen LogP contribution in [0.4, 0.5) is 0 Å². The van der Waals surface area contributed by atoms with Crippen LogP contribution in [0, 0.1) is 6.92 Å².